The fourth-order valence-corrected chi connectivity index (χ4v) is 2.23. The quantitative estimate of drug-likeness (QED) is 0.431. The molecule has 2 fully saturated rings. The number of ether oxygens (including phenoxy) is 1. The number of hydrogen-bond acceptors (Lipinski definition) is 1. The molecule has 68 valence electrons. The van der Waals surface area contributed by atoms with Gasteiger partial charge in [-0.1, -0.05) is 20.4 Å². The molecule has 2 rings (SSSR count). The Morgan fingerprint density at radius 1 is 1.58 bits per heavy atom. The lowest BCUT2D eigenvalue weighted by Crippen LogP contribution is -2.26. The van der Waals surface area contributed by atoms with Gasteiger partial charge < -0.3 is 4.74 Å². The molecule has 12 heavy (non-hydrogen) atoms. The summed E-state index contributed by atoms with van der Waals surface area (Å²) >= 11 is 0. The van der Waals surface area contributed by atoms with Gasteiger partial charge in [0.25, 0.3) is 0 Å². The molecule has 0 bridgehead atoms. The van der Waals surface area contributed by atoms with Crippen molar-refractivity contribution in [3.8, 4) is 0 Å². The topological polar surface area (TPSA) is 12.5 Å². The Morgan fingerprint density at radius 3 is 2.75 bits per heavy atom. The van der Waals surface area contributed by atoms with Crippen molar-refractivity contribution in [2.75, 3.05) is 0 Å². The number of hydrogen-bond donors (Lipinski definition) is 0. The van der Waals surface area contributed by atoms with E-state index in [2.05, 4.69) is 27.4 Å². The summed E-state index contributed by atoms with van der Waals surface area (Å²) in [7, 11) is 0. The van der Waals surface area contributed by atoms with Crippen LogP contribution in [0.15, 0.2) is 12.2 Å². The fraction of sp³-hybridized carbons (Fsp3) is 0.818. The first kappa shape index (κ1) is 8.31. The molecular formula is C11H18O. The van der Waals surface area contributed by atoms with E-state index in [-0.39, 0.29) is 5.60 Å². The minimum absolute atomic E-state index is 0.0748. The Balaban J connectivity index is 2.07. The summed E-state index contributed by atoms with van der Waals surface area (Å²) in [5.74, 6) is 1.58. The van der Waals surface area contributed by atoms with E-state index < -0.39 is 0 Å². The molecule has 1 aliphatic carbocycles. The van der Waals surface area contributed by atoms with Gasteiger partial charge in [-0.25, -0.2) is 0 Å². The van der Waals surface area contributed by atoms with Crippen molar-refractivity contribution >= 4 is 0 Å². The summed E-state index contributed by atoms with van der Waals surface area (Å²) < 4.78 is 5.66. The van der Waals surface area contributed by atoms with Crippen LogP contribution in [0, 0.1) is 11.8 Å². The predicted molar refractivity (Wildman–Crippen MR) is 50.0 cm³/mol. The van der Waals surface area contributed by atoms with E-state index in [1.807, 2.05) is 0 Å². The maximum Gasteiger partial charge on any atom is 0.113 e. The van der Waals surface area contributed by atoms with Crippen molar-refractivity contribution in [2.24, 2.45) is 11.8 Å². The maximum atomic E-state index is 5.66. The Kier molecular flexibility index (Phi) is 1.63. The Bertz CT molecular complexity index is 219. The summed E-state index contributed by atoms with van der Waals surface area (Å²) in [6.45, 7) is 10.9. The van der Waals surface area contributed by atoms with Crippen molar-refractivity contribution in [1.82, 2.24) is 0 Å². The standard InChI is InChI=1S/C11H18O/c1-7(2)9-5-8(3)11(4)10(6-9)12-11/h7,9-10H,3,5-6H2,1-2,4H3/t9-,10?,11-/m0/s1. The maximum absolute atomic E-state index is 5.66. The molecule has 1 aliphatic heterocycles. The van der Waals surface area contributed by atoms with Gasteiger partial charge in [0, 0.05) is 0 Å². The molecule has 3 atom stereocenters. The van der Waals surface area contributed by atoms with Crippen molar-refractivity contribution in [3.05, 3.63) is 12.2 Å². The zero-order chi connectivity index (χ0) is 8.93. The minimum Gasteiger partial charge on any atom is -0.362 e. The van der Waals surface area contributed by atoms with Crippen molar-refractivity contribution in [1.29, 1.82) is 0 Å². The second-order valence-electron chi connectivity index (χ2n) is 4.76. The summed E-state index contributed by atoms with van der Waals surface area (Å²) in [5, 5.41) is 0. The first-order chi connectivity index (χ1) is 5.54. The van der Waals surface area contributed by atoms with E-state index in [9.17, 15) is 0 Å². The molecule has 1 nitrogen and oxygen atoms in total. The van der Waals surface area contributed by atoms with E-state index in [1.54, 1.807) is 0 Å². The number of epoxide rings is 1. The molecule has 1 heterocycles. The zero-order valence-electron chi connectivity index (χ0n) is 8.26. The van der Waals surface area contributed by atoms with Crippen LogP contribution in [0.4, 0.5) is 0 Å². The average Bonchev–Trinajstić information content (AvgIpc) is 2.62. The van der Waals surface area contributed by atoms with Gasteiger partial charge >= 0.3 is 0 Å². The van der Waals surface area contributed by atoms with Gasteiger partial charge in [-0.05, 0) is 37.2 Å². The molecule has 1 saturated heterocycles. The van der Waals surface area contributed by atoms with Gasteiger partial charge in [-0.3, -0.25) is 0 Å². The highest BCUT2D eigenvalue weighted by Gasteiger charge is 2.57. The molecule has 0 aromatic rings. The third-order valence-corrected chi connectivity index (χ3v) is 3.61. The second kappa shape index (κ2) is 2.35. The highest BCUT2D eigenvalue weighted by Crippen LogP contribution is 2.53. The lowest BCUT2D eigenvalue weighted by molar-refractivity contribution is 0.310. The largest absolute Gasteiger partial charge is 0.362 e. The first-order valence-corrected chi connectivity index (χ1v) is 4.90. The summed E-state index contributed by atoms with van der Waals surface area (Å²) in [4.78, 5) is 0. The molecule has 1 saturated carbocycles. The van der Waals surface area contributed by atoms with Gasteiger partial charge in [0.1, 0.15) is 5.60 Å². The van der Waals surface area contributed by atoms with Crippen LogP contribution in [0.5, 0.6) is 0 Å². The molecule has 0 spiro atoms. The Hall–Kier alpha value is -0.300. The summed E-state index contributed by atoms with van der Waals surface area (Å²) in [5.41, 5.74) is 1.39. The third-order valence-electron chi connectivity index (χ3n) is 3.61. The normalized spacial score (nSPS) is 46.2. The van der Waals surface area contributed by atoms with Crippen LogP contribution in [0.25, 0.3) is 0 Å². The molecule has 1 heteroatoms. The van der Waals surface area contributed by atoms with Gasteiger partial charge in [0.05, 0.1) is 6.10 Å². The molecule has 1 unspecified atom stereocenters. The van der Waals surface area contributed by atoms with E-state index in [1.165, 1.54) is 18.4 Å². The van der Waals surface area contributed by atoms with Gasteiger partial charge in [-0.2, -0.15) is 0 Å². The van der Waals surface area contributed by atoms with Crippen LogP contribution in [0.2, 0.25) is 0 Å². The molecule has 0 N–H and O–H groups in total. The van der Waals surface area contributed by atoms with E-state index in [4.69, 9.17) is 4.74 Å². The Morgan fingerprint density at radius 2 is 2.25 bits per heavy atom. The van der Waals surface area contributed by atoms with Crippen LogP contribution < -0.4 is 0 Å². The smallest absolute Gasteiger partial charge is 0.113 e. The highest BCUT2D eigenvalue weighted by atomic mass is 16.6. The Labute approximate surface area is 74.8 Å². The SMILES string of the molecule is C=C1C[C@H](C(C)C)CC2O[C@@]12C. The van der Waals surface area contributed by atoms with Crippen molar-refractivity contribution in [3.63, 3.8) is 0 Å². The molecule has 0 radical (unpaired) electrons. The lowest BCUT2D eigenvalue weighted by atomic mass is 9.75. The lowest BCUT2D eigenvalue weighted by Gasteiger charge is -2.27. The monoisotopic (exact) mass is 166 g/mol. The average molecular weight is 166 g/mol. The van der Waals surface area contributed by atoms with Gasteiger partial charge in [0.15, 0.2) is 0 Å². The molecule has 0 aromatic heterocycles. The summed E-state index contributed by atoms with van der Waals surface area (Å²) in [6, 6.07) is 0. The highest BCUT2D eigenvalue weighted by molar-refractivity contribution is 5.27. The molecule has 0 aromatic carbocycles. The zero-order valence-corrected chi connectivity index (χ0v) is 8.26. The van der Waals surface area contributed by atoms with Crippen molar-refractivity contribution in [2.45, 2.75) is 45.3 Å². The van der Waals surface area contributed by atoms with Crippen molar-refractivity contribution < 1.29 is 4.74 Å². The predicted octanol–water partition coefficient (Wildman–Crippen LogP) is 2.77. The molecular weight excluding hydrogens is 148 g/mol. The molecule has 0 amide bonds. The van der Waals surface area contributed by atoms with Crippen LogP contribution in [0.3, 0.4) is 0 Å². The second-order valence-corrected chi connectivity index (χ2v) is 4.76. The number of fused-ring (bicyclic) bond motifs is 1. The van der Waals surface area contributed by atoms with Crippen LogP contribution in [-0.4, -0.2) is 11.7 Å². The van der Waals surface area contributed by atoms with Crippen LogP contribution in [-0.2, 0) is 4.74 Å². The van der Waals surface area contributed by atoms with E-state index >= 15 is 0 Å². The van der Waals surface area contributed by atoms with Gasteiger partial charge in [0.2, 0.25) is 0 Å². The fourth-order valence-electron chi connectivity index (χ4n) is 2.23. The van der Waals surface area contributed by atoms with Crippen LogP contribution >= 0.6 is 0 Å². The summed E-state index contributed by atoms with van der Waals surface area (Å²) in [6.07, 6.45) is 2.91. The van der Waals surface area contributed by atoms with Gasteiger partial charge in [-0.15, -0.1) is 0 Å². The third kappa shape index (κ3) is 1.03. The number of rotatable bonds is 1. The first-order valence-electron chi connectivity index (χ1n) is 4.90. The minimum atomic E-state index is 0.0748. The van der Waals surface area contributed by atoms with E-state index in [0.717, 1.165) is 11.8 Å². The van der Waals surface area contributed by atoms with E-state index in [0.29, 0.717) is 6.10 Å². The molecule has 2 aliphatic rings. The van der Waals surface area contributed by atoms with Crippen LogP contribution in [0.1, 0.15) is 33.6 Å².